The molecule has 2 aromatic rings. The largest absolute Gasteiger partial charge is 0.493 e. The molecule has 1 N–H and O–H groups in total. The number of hydrogen-bond acceptors (Lipinski definition) is 5. The molecule has 0 saturated carbocycles. The number of nitrogens with one attached hydrogen (secondary N) is 1. The standard InChI is InChI=1S/C22H23IN2O3S/c1-5-14(3)28-20-17(23)10-15(11-18(20)27-4)12-19-21(26)25-22(29-19)24-16-8-6-13(2)7-9-16/h6-12,14H,5H2,1-4H3,(H,24,25,26)/b19-12+/t14-/m1/s1. The van der Waals surface area contributed by atoms with E-state index in [-0.39, 0.29) is 12.0 Å². The molecular formula is C22H23IN2O3S. The van der Waals surface area contributed by atoms with Gasteiger partial charge in [0, 0.05) is 0 Å². The summed E-state index contributed by atoms with van der Waals surface area (Å²) in [5.41, 5.74) is 2.85. The van der Waals surface area contributed by atoms with Gasteiger partial charge in [0.2, 0.25) is 0 Å². The third-order valence-electron chi connectivity index (χ3n) is 4.36. The summed E-state index contributed by atoms with van der Waals surface area (Å²) >= 11 is 3.56. The summed E-state index contributed by atoms with van der Waals surface area (Å²) in [5.74, 6) is 1.23. The van der Waals surface area contributed by atoms with Crippen LogP contribution in [0.15, 0.2) is 46.3 Å². The molecule has 3 rings (SSSR count). The molecule has 1 fully saturated rings. The Morgan fingerprint density at radius 3 is 2.66 bits per heavy atom. The molecule has 5 nitrogen and oxygen atoms in total. The number of amidine groups is 1. The zero-order chi connectivity index (χ0) is 21.0. The number of ether oxygens (including phenoxy) is 2. The Kier molecular flexibility index (Phi) is 7.23. The van der Waals surface area contributed by atoms with E-state index in [2.05, 4.69) is 39.8 Å². The second kappa shape index (κ2) is 9.67. The lowest BCUT2D eigenvalue weighted by Gasteiger charge is -2.17. The Bertz CT molecular complexity index is 971. The minimum absolute atomic E-state index is 0.0957. The third kappa shape index (κ3) is 5.54. The van der Waals surface area contributed by atoms with Crippen LogP contribution < -0.4 is 14.8 Å². The smallest absolute Gasteiger partial charge is 0.264 e. The minimum Gasteiger partial charge on any atom is -0.493 e. The number of nitrogens with zero attached hydrogens (tertiary/aromatic N) is 1. The SMILES string of the molecule is CC[C@@H](C)Oc1c(I)cc(/C=C2/SC(=Nc3ccc(C)cc3)NC2=O)cc1OC. The number of halogens is 1. The van der Waals surface area contributed by atoms with Crippen molar-refractivity contribution in [1.29, 1.82) is 0 Å². The molecule has 152 valence electrons. The van der Waals surface area contributed by atoms with E-state index in [0.717, 1.165) is 27.0 Å². The maximum absolute atomic E-state index is 12.4. The Labute approximate surface area is 189 Å². The second-order valence-corrected chi connectivity index (χ2v) is 8.88. The molecule has 1 aliphatic rings. The molecule has 0 aromatic heterocycles. The van der Waals surface area contributed by atoms with Crippen molar-refractivity contribution < 1.29 is 14.3 Å². The van der Waals surface area contributed by atoms with E-state index in [4.69, 9.17) is 9.47 Å². The van der Waals surface area contributed by atoms with Gasteiger partial charge in [-0.2, -0.15) is 0 Å². The van der Waals surface area contributed by atoms with Gasteiger partial charge in [-0.1, -0.05) is 24.6 Å². The molecule has 1 heterocycles. The summed E-state index contributed by atoms with van der Waals surface area (Å²) in [5, 5.41) is 3.40. The van der Waals surface area contributed by atoms with Crippen molar-refractivity contribution in [3.63, 3.8) is 0 Å². The summed E-state index contributed by atoms with van der Waals surface area (Å²) in [6.45, 7) is 6.13. The summed E-state index contributed by atoms with van der Waals surface area (Å²) in [4.78, 5) is 17.5. The van der Waals surface area contributed by atoms with Crippen molar-refractivity contribution >= 4 is 57.2 Å². The van der Waals surface area contributed by atoms with E-state index in [1.165, 1.54) is 17.3 Å². The van der Waals surface area contributed by atoms with Gasteiger partial charge in [0.05, 0.1) is 27.4 Å². The summed E-state index contributed by atoms with van der Waals surface area (Å²) in [6, 6.07) is 11.7. The average Bonchev–Trinajstić information content (AvgIpc) is 3.04. The molecular weight excluding hydrogens is 499 g/mol. The van der Waals surface area contributed by atoms with Crippen LogP contribution in [0.4, 0.5) is 5.69 Å². The van der Waals surface area contributed by atoms with Crippen LogP contribution in [0.25, 0.3) is 6.08 Å². The van der Waals surface area contributed by atoms with Crippen LogP contribution in [-0.2, 0) is 4.79 Å². The number of carbonyl (C=O) groups excluding carboxylic acids is 1. The molecule has 0 aliphatic carbocycles. The highest BCUT2D eigenvalue weighted by atomic mass is 127. The summed E-state index contributed by atoms with van der Waals surface area (Å²) in [7, 11) is 1.62. The van der Waals surface area contributed by atoms with Crippen LogP contribution >= 0.6 is 34.4 Å². The first-order valence-electron chi connectivity index (χ1n) is 9.30. The number of benzene rings is 2. The Hall–Kier alpha value is -2.00. The fourth-order valence-electron chi connectivity index (χ4n) is 2.59. The van der Waals surface area contributed by atoms with Crippen molar-refractivity contribution in [1.82, 2.24) is 5.32 Å². The van der Waals surface area contributed by atoms with Crippen molar-refractivity contribution in [3.8, 4) is 11.5 Å². The fraction of sp³-hybridized carbons (Fsp3) is 0.273. The lowest BCUT2D eigenvalue weighted by Crippen LogP contribution is -2.19. The van der Waals surface area contributed by atoms with Crippen LogP contribution in [-0.4, -0.2) is 24.3 Å². The lowest BCUT2D eigenvalue weighted by atomic mass is 10.2. The highest BCUT2D eigenvalue weighted by molar-refractivity contribution is 14.1. The number of amides is 1. The molecule has 2 aromatic carbocycles. The first-order valence-corrected chi connectivity index (χ1v) is 11.2. The van der Waals surface area contributed by atoms with Crippen LogP contribution in [0.2, 0.25) is 0 Å². The zero-order valence-corrected chi connectivity index (χ0v) is 19.8. The van der Waals surface area contributed by atoms with Gasteiger partial charge in [-0.3, -0.25) is 4.79 Å². The van der Waals surface area contributed by atoms with Gasteiger partial charge in [0.15, 0.2) is 16.7 Å². The third-order valence-corrected chi connectivity index (χ3v) is 6.07. The van der Waals surface area contributed by atoms with Crippen LogP contribution in [0.3, 0.4) is 0 Å². The summed E-state index contributed by atoms with van der Waals surface area (Å²) < 4.78 is 12.5. The first kappa shape index (κ1) is 21.7. The molecule has 29 heavy (non-hydrogen) atoms. The molecule has 1 saturated heterocycles. The topological polar surface area (TPSA) is 59.9 Å². The number of aryl methyl sites for hydroxylation is 1. The maximum Gasteiger partial charge on any atom is 0.264 e. The summed E-state index contributed by atoms with van der Waals surface area (Å²) in [6.07, 6.45) is 2.85. The number of carbonyl (C=O) groups is 1. The van der Waals surface area contributed by atoms with Gasteiger partial charge < -0.3 is 14.8 Å². The lowest BCUT2D eigenvalue weighted by molar-refractivity contribution is -0.115. The van der Waals surface area contributed by atoms with E-state index < -0.39 is 0 Å². The van der Waals surface area contributed by atoms with Crippen LogP contribution in [0, 0.1) is 10.5 Å². The number of methoxy groups -OCH3 is 1. The van der Waals surface area contributed by atoms with Crippen LogP contribution in [0.1, 0.15) is 31.4 Å². The second-order valence-electron chi connectivity index (χ2n) is 6.69. The molecule has 0 bridgehead atoms. The predicted molar refractivity (Wildman–Crippen MR) is 128 cm³/mol. The molecule has 1 aliphatic heterocycles. The number of hydrogen-bond donors (Lipinski definition) is 1. The number of aliphatic imine (C=N–C) groups is 1. The van der Waals surface area contributed by atoms with Gasteiger partial charge in [-0.15, -0.1) is 0 Å². The van der Waals surface area contributed by atoms with Gasteiger partial charge in [0.25, 0.3) is 5.91 Å². The van der Waals surface area contributed by atoms with E-state index in [1.54, 1.807) is 7.11 Å². The quantitative estimate of drug-likeness (QED) is 0.392. The average molecular weight is 522 g/mol. The van der Waals surface area contributed by atoms with E-state index in [9.17, 15) is 4.79 Å². The Balaban J connectivity index is 1.85. The molecule has 1 amide bonds. The molecule has 7 heteroatoms. The molecule has 0 unspecified atom stereocenters. The zero-order valence-electron chi connectivity index (χ0n) is 16.8. The van der Waals surface area contributed by atoms with Crippen molar-refractivity contribution in [3.05, 3.63) is 56.0 Å². The van der Waals surface area contributed by atoms with E-state index in [1.807, 2.05) is 56.3 Å². The van der Waals surface area contributed by atoms with E-state index in [0.29, 0.717) is 15.8 Å². The normalized spacial score (nSPS) is 17.5. The van der Waals surface area contributed by atoms with Crippen molar-refractivity contribution in [2.45, 2.75) is 33.3 Å². The Morgan fingerprint density at radius 2 is 2.00 bits per heavy atom. The predicted octanol–water partition coefficient (Wildman–Crippen LogP) is 5.68. The van der Waals surface area contributed by atoms with Crippen molar-refractivity contribution in [2.75, 3.05) is 7.11 Å². The molecule has 0 spiro atoms. The minimum atomic E-state index is -0.158. The first-order chi connectivity index (χ1) is 13.9. The molecule has 1 atom stereocenters. The van der Waals surface area contributed by atoms with Gasteiger partial charge in [0.1, 0.15) is 0 Å². The van der Waals surface area contributed by atoms with Gasteiger partial charge in [-0.05, 0) is 90.5 Å². The highest BCUT2D eigenvalue weighted by Gasteiger charge is 2.24. The highest BCUT2D eigenvalue weighted by Crippen LogP contribution is 2.37. The maximum atomic E-state index is 12.4. The van der Waals surface area contributed by atoms with Crippen LogP contribution in [0.5, 0.6) is 11.5 Å². The fourth-order valence-corrected chi connectivity index (χ4v) is 4.18. The van der Waals surface area contributed by atoms with Gasteiger partial charge in [-0.25, -0.2) is 4.99 Å². The van der Waals surface area contributed by atoms with Gasteiger partial charge >= 0.3 is 0 Å². The monoisotopic (exact) mass is 522 g/mol. The van der Waals surface area contributed by atoms with E-state index >= 15 is 0 Å². The number of thioether (sulfide) groups is 1. The number of rotatable bonds is 6. The Morgan fingerprint density at radius 1 is 1.28 bits per heavy atom. The molecule has 0 radical (unpaired) electrons. The van der Waals surface area contributed by atoms with Crippen molar-refractivity contribution in [2.24, 2.45) is 4.99 Å².